The summed E-state index contributed by atoms with van der Waals surface area (Å²) in [6, 6.07) is 22.6. The third-order valence-corrected chi connectivity index (χ3v) is 4.82. The molecule has 5 heteroatoms. The van der Waals surface area contributed by atoms with Crippen LogP contribution in [0.25, 0.3) is 38.9 Å². The second kappa shape index (κ2) is 6.29. The number of halogens is 1. The van der Waals surface area contributed by atoms with Gasteiger partial charge in [-0.1, -0.05) is 36.4 Å². The largest absolute Gasteiger partial charge is 0.306 e. The molecule has 2 aromatic heterocycles. The topological polar surface area (TPSA) is 54.5 Å². The SMILES string of the molecule is N#Cc1cc(-c2ncc(-n3c4ccccc4c4ccccc43)cn2)ccc1F. The van der Waals surface area contributed by atoms with Crippen molar-refractivity contribution in [3.05, 3.63) is 90.5 Å². The van der Waals surface area contributed by atoms with Crippen molar-refractivity contribution < 1.29 is 4.39 Å². The lowest BCUT2D eigenvalue weighted by atomic mass is 10.1. The Morgan fingerprint density at radius 2 is 1.43 bits per heavy atom. The third kappa shape index (κ3) is 2.43. The summed E-state index contributed by atoms with van der Waals surface area (Å²) in [4.78, 5) is 8.92. The van der Waals surface area contributed by atoms with Crippen LogP contribution in [0.4, 0.5) is 4.39 Å². The van der Waals surface area contributed by atoms with Gasteiger partial charge in [0.05, 0.1) is 34.7 Å². The van der Waals surface area contributed by atoms with E-state index in [1.165, 1.54) is 22.9 Å². The Morgan fingerprint density at radius 3 is 2.04 bits per heavy atom. The molecule has 0 unspecified atom stereocenters. The minimum atomic E-state index is -0.548. The zero-order valence-electron chi connectivity index (χ0n) is 14.7. The van der Waals surface area contributed by atoms with E-state index in [-0.39, 0.29) is 5.56 Å². The first-order valence-corrected chi connectivity index (χ1v) is 8.77. The summed E-state index contributed by atoms with van der Waals surface area (Å²) in [5, 5.41) is 11.4. The number of para-hydroxylation sites is 2. The Hall–Kier alpha value is -4.04. The number of aromatic nitrogens is 3. The highest BCUT2D eigenvalue weighted by atomic mass is 19.1. The first kappa shape index (κ1) is 16.2. The van der Waals surface area contributed by atoms with Crippen LogP contribution >= 0.6 is 0 Å². The Morgan fingerprint density at radius 1 is 0.821 bits per heavy atom. The van der Waals surface area contributed by atoms with Crippen LogP contribution in [0.5, 0.6) is 0 Å². The number of fused-ring (bicyclic) bond motifs is 3. The van der Waals surface area contributed by atoms with E-state index >= 15 is 0 Å². The molecule has 2 heterocycles. The Balaban J connectivity index is 1.67. The summed E-state index contributed by atoms with van der Waals surface area (Å²) in [5.74, 6) is -0.103. The van der Waals surface area contributed by atoms with Crippen molar-refractivity contribution >= 4 is 21.8 Å². The van der Waals surface area contributed by atoms with Gasteiger partial charge < -0.3 is 4.57 Å². The summed E-state index contributed by atoms with van der Waals surface area (Å²) < 4.78 is 15.7. The number of hydrogen-bond acceptors (Lipinski definition) is 3. The lowest BCUT2D eigenvalue weighted by molar-refractivity contribution is 0.624. The molecule has 0 aliphatic carbocycles. The van der Waals surface area contributed by atoms with Gasteiger partial charge in [0.1, 0.15) is 11.9 Å². The monoisotopic (exact) mass is 364 g/mol. The fraction of sp³-hybridized carbons (Fsp3) is 0. The lowest BCUT2D eigenvalue weighted by Crippen LogP contribution is -1.98. The predicted molar refractivity (Wildman–Crippen MR) is 106 cm³/mol. The Kier molecular flexibility index (Phi) is 3.63. The molecule has 0 spiro atoms. The van der Waals surface area contributed by atoms with Gasteiger partial charge in [-0.25, -0.2) is 14.4 Å². The van der Waals surface area contributed by atoms with E-state index in [1.54, 1.807) is 18.5 Å². The molecule has 0 aliphatic rings. The lowest BCUT2D eigenvalue weighted by Gasteiger charge is -2.08. The van der Waals surface area contributed by atoms with E-state index in [0.29, 0.717) is 11.4 Å². The molecule has 0 aliphatic heterocycles. The average Bonchev–Trinajstić information content (AvgIpc) is 3.09. The molecule has 0 amide bonds. The molecule has 28 heavy (non-hydrogen) atoms. The summed E-state index contributed by atoms with van der Waals surface area (Å²) in [6.07, 6.45) is 3.49. The Labute approximate surface area is 160 Å². The predicted octanol–water partition coefficient (Wildman–Crippen LogP) is 5.25. The molecule has 3 aromatic carbocycles. The molecule has 4 nitrogen and oxygen atoms in total. The van der Waals surface area contributed by atoms with Crippen LogP contribution in [0.3, 0.4) is 0 Å². The third-order valence-electron chi connectivity index (χ3n) is 4.82. The van der Waals surface area contributed by atoms with Crippen molar-refractivity contribution in [3.8, 4) is 23.1 Å². The molecular weight excluding hydrogens is 351 g/mol. The van der Waals surface area contributed by atoms with Gasteiger partial charge in [0.2, 0.25) is 0 Å². The van der Waals surface area contributed by atoms with Crippen molar-refractivity contribution in [2.45, 2.75) is 0 Å². The van der Waals surface area contributed by atoms with Gasteiger partial charge in [-0.05, 0) is 30.3 Å². The van der Waals surface area contributed by atoms with Crippen molar-refractivity contribution in [3.63, 3.8) is 0 Å². The van der Waals surface area contributed by atoms with Gasteiger partial charge >= 0.3 is 0 Å². The van der Waals surface area contributed by atoms with Crippen molar-refractivity contribution in [2.24, 2.45) is 0 Å². The molecule has 0 N–H and O–H groups in total. The van der Waals surface area contributed by atoms with E-state index in [2.05, 4.69) is 38.8 Å². The molecule has 0 saturated carbocycles. The molecule has 0 bridgehead atoms. The van der Waals surface area contributed by atoms with E-state index in [9.17, 15) is 4.39 Å². The quantitative estimate of drug-likeness (QED) is 0.430. The van der Waals surface area contributed by atoms with Gasteiger partial charge in [0.15, 0.2) is 5.82 Å². The highest BCUT2D eigenvalue weighted by Gasteiger charge is 2.12. The molecule has 5 aromatic rings. The summed E-state index contributed by atoms with van der Waals surface area (Å²) in [7, 11) is 0. The fourth-order valence-electron chi connectivity index (χ4n) is 3.54. The molecule has 0 atom stereocenters. The van der Waals surface area contributed by atoms with Crippen LogP contribution in [0.1, 0.15) is 5.56 Å². The maximum atomic E-state index is 13.6. The molecule has 0 saturated heterocycles. The maximum absolute atomic E-state index is 13.6. The number of rotatable bonds is 2. The van der Waals surface area contributed by atoms with Gasteiger partial charge in [0, 0.05) is 16.3 Å². The molecule has 0 fully saturated rings. The molecule has 5 rings (SSSR count). The molecular formula is C23H13FN4. The molecule has 132 valence electrons. The minimum absolute atomic E-state index is 0.0208. The van der Waals surface area contributed by atoms with Gasteiger partial charge in [-0.15, -0.1) is 0 Å². The number of hydrogen-bond donors (Lipinski definition) is 0. The van der Waals surface area contributed by atoms with Crippen molar-refractivity contribution in [2.75, 3.05) is 0 Å². The van der Waals surface area contributed by atoms with Gasteiger partial charge in [-0.2, -0.15) is 5.26 Å². The normalized spacial score (nSPS) is 11.0. The van der Waals surface area contributed by atoms with Crippen LogP contribution < -0.4 is 0 Å². The second-order valence-corrected chi connectivity index (χ2v) is 6.44. The van der Waals surface area contributed by atoms with E-state index in [1.807, 2.05) is 30.3 Å². The zero-order valence-corrected chi connectivity index (χ0v) is 14.7. The maximum Gasteiger partial charge on any atom is 0.159 e. The first-order valence-electron chi connectivity index (χ1n) is 8.77. The smallest absolute Gasteiger partial charge is 0.159 e. The fourth-order valence-corrected chi connectivity index (χ4v) is 3.54. The van der Waals surface area contributed by atoms with E-state index in [4.69, 9.17) is 5.26 Å². The van der Waals surface area contributed by atoms with Gasteiger partial charge in [0.25, 0.3) is 0 Å². The van der Waals surface area contributed by atoms with Crippen molar-refractivity contribution in [1.82, 2.24) is 14.5 Å². The molecule has 0 radical (unpaired) electrons. The minimum Gasteiger partial charge on any atom is -0.306 e. The van der Waals surface area contributed by atoms with Crippen LogP contribution in [0, 0.1) is 17.1 Å². The first-order chi connectivity index (χ1) is 13.8. The van der Waals surface area contributed by atoms with Crippen LogP contribution in [0.15, 0.2) is 79.1 Å². The van der Waals surface area contributed by atoms with Crippen LogP contribution in [-0.2, 0) is 0 Å². The summed E-state index contributed by atoms with van der Waals surface area (Å²) >= 11 is 0. The summed E-state index contributed by atoms with van der Waals surface area (Å²) in [6.45, 7) is 0. The average molecular weight is 364 g/mol. The van der Waals surface area contributed by atoms with E-state index in [0.717, 1.165) is 16.7 Å². The van der Waals surface area contributed by atoms with Gasteiger partial charge in [-0.3, -0.25) is 0 Å². The number of benzene rings is 3. The number of nitriles is 1. The zero-order chi connectivity index (χ0) is 19.1. The highest BCUT2D eigenvalue weighted by Crippen LogP contribution is 2.31. The standard InChI is InChI=1S/C23H13FN4/c24-20-10-9-15(11-16(20)12-25)23-26-13-17(14-27-23)28-21-7-3-1-5-18(21)19-6-2-4-8-22(19)28/h1-11,13-14H. The highest BCUT2D eigenvalue weighted by molar-refractivity contribution is 6.09. The Bertz CT molecular complexity index is 1320. The second-order valence-electron chi connectivity index (χ2n) is 6.44. The van der Waals surface area contributed by atoms with E-state index < -0.39 is 5.82 Å². The van der Waals surface area contributed by atoms with Crippen LogP contribution in [-0.4, -0.2) is 14.5 Å². The summed E-state index contributed by atoms with van der Waals surface area (Å²) in [5.41, 5.74) is 3.57. The van der Waals surface area contributed by atoms with Crippen LogP contribution in [0.2, 0.25) is 0 Å². The van der Waals surface area contributed by atoms with Crippen molar-refractivity contribution in [1.29, 1.82) is 5.26 Å². The number of nitrogens with zero attached hydrogens (tertiary/aromatic N) is 4.